The fourth-order valence-corrected chi connectivity index (χ4v) is 0. The van der Waals surface area contributed by atoms with Gasteiger partial charge in [-0.25, -0.2) is 0 Å². The van der Waals surface area contributed by atoms with Gasteiger partial charge < -0.3 is 15.3 Å². The molecule has 0 amide bonds. The van der Waals surface area contributed by atoms with Gasteiger partial charge in [0.2, 0.25) is 0 Å². The van der Waals surface area contributed by atoms with Crippen molar-refractivity contribution in [3.05, 3.63) is 38.0 Å². The Bertz CT molecular complexity index is 183. The van der Waals surface area contributed by atoms with Gasteiger partial charge in [0.05, 0.1) is 18.3 Å². The second kappa shape index (κ2) is 24.3. The van der Waals surface area contributed by atoms with Crippen molar-refractivity contribution >= 4 is 7.68 Å². The van der Waals surface area contributed by atoms with Crippen LogP contribution in [0.1, 0.15) is 20.8 Å². The first-order valence-electron chi connectivity index (χ1n) is 5.54. The second-order valence-corrected chi connectivity index (χ2v) is 2.93. The van der Waals surface area contributed by atoms with Crippen molar-refractivity contribution in [3.63, 3.8) is 0 Å². The molecular weight excluding hydrogens is 219 g/mol. The molecule has 4 nitrogen and oxygen atoms in total. The quantitative estimate of drug-likeness (QED) is 0.392. The molecule has 0 aromatic carbocycles. The zero-order valence-corrected chi connectivity index (χ0v) is 10.9. The molecular formula is C12H25BO4. The summed E-state index contributed by atoms with van der Waals surface area (Å²) in [5.74, 6) is 0. The molecule has 0 aliphatic rings. The van der Waals surface area contributed by atoms with Gasteiger partial charge in [0.15, 0.2) is 0 Å². The van der Waals surface area contributed by atoms with Crippen LogP contribution >= 0.6 is 0 Å². The van der Waals surface area contributed by atoms with Gasteiger partial charge in [-0.1, -0.05) is 31.4 Å². The van der Waals surface area contributed by atoms with Crippen LogP contribution in [0, 0.1) is 0 Å². The van der Waals surface area contributed by atoms with Gasteiger partial charge in [-0.2, -0.15) is 0 Å². The summed E-state index contributed by atoms with van der Waals surface area (Å²) in [7, 11) is 0. The molecule has 17 heavy (non-hydrogen) atoms. The van der Waals surface area contributed by atoms with Gasteiger partial charge >= 0.3 is 13.7 Å². The molecule has 0 aliphatic carbocycles. The van der Waals surface area contributed by atoms with Crippen LogP contribution in [-0.2, 0) is 4.70 Å². The van der Waals surface area contributed by atoms with Gasteiger partial charge in [0.25, 0.3) is 0 Å². The number of hydrogen-bond acceptors (Lipinski definition) is 4. The Balaban J connectivity index is -0.0000000750. The molecule has 0 aromatic heterocycles. The number of aliphatic hydroxyl groups is 3. The van der Waals surface area contributed by atoms with Gasteiger partial charge in [0, 0.05) is 0 Å². The van der Waals surface area contributed by atoms with Crippen molar-refractivity contribution in [3.8, 4) is 0 Å². The predicted molar refractivity (Wildman–Crippen MR) is 73.5 cm³/mol. The van der Waals surface area contributed by atoms with Crippen molar-refractivity contribution in [2.24, 2.45) is 0 Å². The van der Waals surface area contributed by atoms with Crippen LogP contribution in [0.25, 0.3) is 0 Å². The monoisotopic (exact) mass is 245 g/mol. The molecule has 0 heterocycles. The van der Waals surface area contributed by atoms with E-state index in [0.717, 1.165) is 0 Å². The Labute approximate surface area is 107 Å². The van der Waals surface area contributed by atoms with E-state index in [9.17, 15) is 0 Å². The van der Waals surface area contributed by atoms with Gasteiger partial charge in [-0.3, -0.25) is 0 Å². The molecule has 0 aromatic rings. The first-order chi connectivity index (χ1) is 8.24. The second-order valence-electron chi connectivity index (χ2n) is 2.93. The predicted octanol–water partition coefficient (Wildman–Crippen LogP) is 0.892. The molecule has 3 atom stereocenters. The summed E-state index contributed by atoms with van der Waals surface area (Å²) in [5.41, 5.74) is 0. The summed E-state index contributed by atoms with van der Waals surface area (Å²) in [5, 5.41) is 25.0. The molecule has 0 bridgehead atoms. The molecule has 0 aliphatic heterocycles. The number of allylic oxidation sites excluding steroid dienone is 2. The summed E-state index contributed by atoms with van der Waals surface area (Å²) < 4.78 is 14.0. The van der Waals surface area contributed by atoms with E-state index in [2.05, 4.69) is 19.7 Å². The molecule has 3 unspecified atom stereocenters. The summed E-state index contributed by atoms with van der Waals surface area (Å²) >= 11 is 0. The molecule has 0 spiro atoms. The molecule has 3 N–H and O–H groups in total. The number of hydrogen-bond donors (Lipinski definition) is 3. The van der Waals surface area contributed by atoms with E-state index in [1.165, 1.54) is 6.08 Å². The molecule has 100 valence electrons. The summed E-state index contributed by atoms with van der Waals surface area (Å²) in [4.78, 5) is 0. The van der Waals surface area contributed by atoms with Crippen LogP contribution in [0.5, 0.6) is 0 Å². The molecule has 0 rings (SSSR count). The van der Waals surface area contributed by atoms with Crippen LogP contribution < -0.4 is 0 Å². The first-order valence-corrected chi connectivity index (χ1v) is 4.97. The van der Waals surface area contributed by atoms with Crippen molar-refractivity contribution < 1.29 is 20.0 Å². The molecule has 0 fully saturated rings. The van der Waals surface area contributed by atoms with Crippen LogP contribution in [0.4, 0.5) is 0 Å². The van der Waals surface area contributed by atoms with Crippen LogP contribution in [0.3, 0.4) is 0 Å². The Morgan fingerprint density at radius 2 is 1.24 bits per heavy atom. The Morgan fingerprint density at radius 1 is 1.06 bits per heavy atom. The summed E-state index contributed by atoms with van der Waals surface area (Å²) in [6, 6.07) is 0. The maximum atomic E-state index is 8.47. The van der Waals surface area contributed by atoms with Gasteiger partial charge in [0.1, 0.15) is 0 Å². The Morgan fingerprint density at radius 3 is 1.24 bits per heavy atom. The average Bonchev–Trinajstić information content (AvgIpc) is 2.31. The van der Waals surface area contributed by atoms with Crippen molar-refractivity contribution in [1.29, 1.82) is 1.34 Å². The first kappa shape index (κ1) is 21.3. The van der Waals surface area contributed by atoms with Crippen molar-refractivity contribution in [2.75, 3.05) is 0 Å². The van der Waals surface area contributed by atoms with E-state index in [4.69, 9.17) is 21.4 Å². The number of rotatable bonds is 3. The Hall–Kier alpha value is -1.04. The van der Waals surface area contributed by atoms with Gasteiger partial charge in [-0.15, -0.1) is 6.58 Å². The normalized spacial score (nSPS) is 12.9. The van der Waals surface area contributed by atoms with E-state index in [-0.39, 0.29) is 13.8 Å². The van der Waals surface area contributed by atoms with Crippen LogP contribution in [0.15, 0.2) is 38.0 Å². The summed E-state index contributed by atoms with van der Waals surface area (Å²) in [6.07, 6.45) is 3.21. The molecule has 5 heteroatoms. The molecule has 0 radical (unpaired) electrons. The van der Waals surface area contributed by atoms with E-state index in [0.29, 0.717) is 0 Å². The zero-order chi connectivity index (χ0) is 15.6. The van der Waals surface area contributed by atoms with Crippen molar-refractivity contribution in [2.45, 2.75) is 39.1 Å². The molecule has 0 saturated heterocycles. The fraction of sp³-hybridized carbons (Fsp3) is 0.500. The van der Waals surface area contributed by atoms with E-state index in [1.54, 1.807) is 32.9 Å². The SMILES string of the molecule is C=CC(C)O.C=CC=C.CC(O)C(C)O.[2H]B=O. The number of aliphatic hydroxyl groups excluding tert-OH is 3. The van der Waals surface area contributed by atoms with E-state index < -0.39 is 12.2 Å². The standard InChI is InChI=1S/C4H10O2.C4H8O.C4H6.BHO/c1-3(5)4(2)6;1-3-4(2)5;1-3-4-2;1-2/h3-6H,1-2H3;3-5H,1H2,2H3;3-4H,1-2H2;1H/i;;;1D. The van der Waals surface area contributed by atoms with Crippen LogP contribution in [0.2, 0.25) is 0 Å². The fourth-order valence-electron chi connectivity index (χ4n) is 0. The van der Waals surface area contributed by atoms with E-state index in [1.807, 2.05) is 0 Å². The van der Waals surface area contributed by atoms with Gasteiger partial charge in [-0.05, 0) is 20.8 Å². The molecule has 0 saturated carbocycles. The van der Waals surface area contributed by atoms with Crippen LogP contribution in [-0.4, -0.2) is 42.6 Å². The van der Waals surface area contributed by atoms with Crippen molar-refractivity contribution in [1.82, 2.24) is 0 Å². The minimum atomic E-state index is -0.593. The third-order valence-corrected chi connectivity index (χ3v) is 1.21. The average molecular weight is 245 g/mol. The minimum absolute atomic E-state index is 0. The maximum absolute atomic E-state index is 8.47. The topological polar surface area (TPSA) is 77.8 Å². The third-order valence-electron chi connectivity index (χ3n) is 1.21. The third kappa shape index (κ3) is 70.7. The Kier molecular flexibility index (Phi) is 30.4. The van der Waals surface area contributed by atoms with E-state index >= 15 is 0 Å². The zero-order valence-electron chi connectivity index (χ0n) is 11.9. The summed E-state index contributed by atoms with van der Waals surface area (Å²) in [6.45, 7) is 14.8.